The van der Waals surface area contributed by atoms with Crippen molar-refractivity contribution < 1.29 is 32.1 Å². The minimum atomic E-state index is -3.22. The first-order chi connectivity index (χ1) is 39.6. The number of benzene rings is 5. The molecule has 12 aromatic rings. The van der Waals surface area contributed by atoms with Gasteiger partial charge in [0.1, 0.15) is 65.7 Å². The van der Waals surface area contributed by atoms with Crippen LogP contribution in [0.5, 0.6) is 0 Å². The number of aliphatic hydroxyl groups is 1. The van der Waals surface area contributed by atoms with E-state index >= 15 is 0 Å². The topological polar surface area (TPSA) is 269 Å². The van der Waals surface area contributed by atoms with E-state index in [0.29, 0.717) is 43.8 Å². The van der Waals surface area contributed by atoms with Gasteiger partial charge in [0.15, 0.2) is 5.78 Å². The average Bonchev–Trinajstić information content (AvgIpc) is 4.45. The summed E-state index contributed by atoms with van der Waals surface area (Å²) < 4.78 is 30.7. The zero-order valence-corrected chi connectivity index (χ0v) is 47.0. The van der Waals surface area contributed by atoms with Gasteiger partial charge in [-0.1, -0.05) is 175 Å². The van der Waals surface area contributed by atoms with Gasteiger partial charge in [0.2, 0.25) is 23.0 Å². The maximum Gasteiger partial charge on any atom is 0.339 e. The molecule has 7 aromatic heterocycles. The third kappa shape index (κ3) is 18.1. The number of rotatable bonds is 6. The largest absolute Gasteiger partial charge is 0.447 e. The number of nitrogen functional groups attached to an aromatic ring is 1. The number of nitrogens with zero attached hydrogens (tertiary/aromatic N) is 7. The summed E-state index contributed by atoms with van der Waals surface area (Å²) in [4.78, 5) is 43.8. The van der Waals surface area contributed by atoms with E-state index in [1.165, 1.54) is 18.9 Å². The molecule has 0 radical (unpaired) electrons. The Kier molecular flexibility index (Phi) is 23.8. The van der Waals surface area contributed by atoms with Crippen LogP contribution in [0.4, 0.5) is 5.88 Å². The van der Waals surface area contributed by atoms with E-state index in [1.54, 1.807) is 55.1 Å². The maximum atomic E-state index is 11.7. The molecule has 17 nitrogen and oxygen atoms in total. The predicted molar refractivity (Wildman–Crippen MR) is 320 cm³/mol. The van der Waals surface area contributed by atoms with Gasteiger partial charge in [-0.2, -0.15) is 10.5 Å². The maximum absolute atomic E-state index is 11.7. The number of ketones is 1. The lowest BCUT2D eigenvalue weighted by atomic mass is 10.1. The van der Waals surface area contributed by atoms with Gasteiger partial charge in [-0.25, -0.2) is 26.5 Å². The number of Topliss-reactive ketones (excluding diaryl/α,β-unsaturated/α-hetero) is 1. The minimum absolute atomic E-state index is 0.0139. The Morgan fingerprint density at radius 1 is 0.671 bits per heavy atom. The van der Waals surface area contributed by atoms with Gasteiger partial charge in [0.05, 0.1) is 22.1 Å². The highest BCUT2D eigenvalue weighted by Crippen LogP contribution is 2.61. The summed E-state index contributed by atoms with van der Waals surface area (Å²) in [5, 5.41) is 24.9. The Morgan fingerprint density at radius 2 is 1.16 bits per heavy atom. The summed E-state index contributed by atoms with van der Waals surface area (Å²) in [5.41, 5.74) is 14.1. The van der Waals surface area contributed by atoms with Crippen LogP contribution in [-0.2, 0) is 4.57 Å². The van der Waals surface area contributed by atoms with Crippen molar-refractivity contribution in [3.05, 3.63) is 245 Å². The first kappa shape index (κ1) is 61.9. The Bertz CT molecular complexity index is 4190. The second kappa shape index (κ2) is 31.5. The van der Waals surface area contributed by atoms with Crippen LogP contribution in [0.3, 0.4) is 0 Å². The number of furan rings is 4. The standard InChI is InChI=1S/C13H8ClNO.C12H7ClN2O.C12H8N2O2.C11H8N2O.C8H8O2.C3H2N2.Cl3OP/c14-11-6-7-15-13-10(11)8-12(16-13)9-4-2-1-3-5-9;13-11-10-9(8-4-2-1-3-5-8)6-16-12(10)15-7-14-11;15-11-10-9(8-4-2-1-3-5-8)6-16-12(10)14-7-13-11;12-6-9-10(7-14-11(9)13)8-4-2-1-3-5-8;9-6-8(10)7-4-2-1-3-5-7;1-5-3-2-4;1-5(2,3)4/h1-8H;1-7H;1-7H,(H,13,14,15);1-5,7H,13H2;1-5,9H,6H2;3H2;. The van der Waals surface area contributed by atoms with Crippen LogP contribution < -0.4 is 11.3 Å². The van der Waals surface area contributed by atoms with Crippen LogP contribution in [0.25, 0.3) is 82.8 Å². The molecule has 23 heteroatoms. The fourth-order valence-electron chi connectivity index (χ4n) is 7.11. The van der Waals surface area contributed by atoms with Gasteiger partial charge < -0.3 is 38.3 Å². The highest BCUT2D eigenvalue weighted by atomic mass is 36.0. The average molecular weight is 1210 g/mol. The Balaban J connectivity index is 0.000000159. The Hall–Kier alpha value is -9.31. The van der Waals surface area contributed by atoms with Crippen LogP contribution in [0, 0.1) is 29.2 Å². The number of hydrogen-bond donors (Lipinski definition) is 3. The van der Waals surface area contributed by atoms with E-state index in [0.717, 1.165) is 55.5 Å². The molecule has 0 bridgehead atoms. The predicted octanol–water partition coefficient (Wildman–Crippen LogP) is 16.4. The molecule has 82 heavy (non-hydrogen) atoms. The second-order valence-corrected chi connectivity index (χ2v) is 23.4. The second-order valence-electron chi connectivity index (χ2n) is 16.0. The molecule has 0 unspecified atom stereocenters. The summed E-state index contributed by atoms with van der Waals surface area (Å²) in [6, 6.07) is 55.0. The molecule has 0 saturated carbocycles. The van der Waals surface area contributed by atoms with E-state index in [-0.39, 0.29) is 23.8 Å². The van der Waals surface area contributed by atoms with Gasteiger partial charge in [-0.3, -0.25) is 14.2 Å². The quantitative estimate of drug-likeness (QED) is 0.0459. The van der Waals surface area contributed by atoms with Gasteiger partial charge >= 0.3 is 5.20 Å². The highest BCUT2D eigenvalue weighted by Gasteiger charge is 2.15. The highest BCUT2D eigenvalue weighted by molar-refractivity contribution is 8.24. The number of hydrogen-bond acceptors (Lipinski definition) is 15. The molecule has 0 saturated heterocycles. The lowest BCUT2D eigenvalue weighted by molar-refractivity contribution is 0.0903. The zero-order chi connectivity index (χ0) is 58.9. The number of nitrogens with one attached hydrogen (secondary N) is 1. The van der Waals surface area contributed by atoms with Crippen LogP contribution in [0.15, 0.2) is 224 Å². The minimum Gasteiger partial charge on any atom is -0.447 e. The summed E-state index contributed by atoms with van der Waals surface area (Å²) in [6.45, 7) is 5.58. The lowest BCUT2D eigenvalue weighted by Gasteiger charge is -1.97. The van der Waals surface area contributed by atoms with Crippen molar-refractivity contribution in [2.24, 2.45) is 0 Å². The third-order valence-electron chi connectivity index (χ3n) is 10.7. The monoisotopic (exact) mass is 1210 g/mol. The van der Waals surface area contributed by atoms with E-state index < -0.39 is 11.8 Å². The van der Waals surface area contributed by atoms with Gasteiger partial charge in [-0.05, 0) is 62.5 Å². The molecule has 4 N–H and O–H groups in total. The summed E-state index contributed by atoms with van der Waals surface area (Å²) in [5.74, 6) is 0.725. The van der Waals surface area contributed by atoms with Gasteiger partial charge in [0.25, 0.3) is 12.1 Å². The molecule has 0 atom stereocenters. The van der Waals surface area contributed by atoms with Gasteiger partial charge in [-0.15, -0.1) is 0 Å². The Labute approximate surface area is 491 Å². The molecule has 12 rings (SSSR count). The van der Waals surface area contributed by atoms with Crippen molar-refractivity contribution in [3.63, 3.8) is 0 Å². The molecular weight excluding hydrogens is 1170 g/mol. The number of carbonyl (C=O) groups is 1. The first-order valence-electron chi connectivity index (χ1n) is 23.6. The van der Waals surface area contributed by atoms with E-state index in [1.807, 2.05) is 140 Å². The van der Waals surface area contributed by atoms with Crippen molar-refractivity contribution in [2.45, 2.75) is 0 Å². The van der Waals surface area contributed by atoms with Crippen molar-refractivity contribution in [1.29, 1.82) is 10.5 Å². The number of nitriles is 2. The molecule has 0 aliphatic rings. The zero-order valence-electron chi connectivity index (χ0n) is 42.3. The number of halogens is 5. The van der Waals surface area contributed by atoms with Crippen LogP contribution in [0.1, 0.15) is 15.9 Å². The van der Waals surface area contributed by atoms with Crippen LogP contribution in [0.2, 0.25) is 10.2 Å². The Morgan fingerprint density at radius 3 is 1.65 bits per heavy atom. The van der Waals surface area contributed by atoms with Crippen molar-refractivity contribution in [2.75, 3.05) is 18.9 Å². The normalized spacial score (nSPS) is 10.1. The molecule has 7 heterocycles. The number of carbonyl (C=O) groups excluding carboxylic acids is 1. The molecule has 5 aromatic carbocycles. The fraction of sp³-hybridized carbons (Fsp3) is 0.0339. The molecular formula is C59H41Cl5N9O8P. The number of fused-ring (bicyclic) bond motifs is 3. The smallest absolute Gasteiger partial charge is 0.339 e. The van der Waals surface area contributed by atoms with Crippen molar-refractivity contribution in [3.8, 4) is 56.8 Å². The fourth-order valence-corrected chi connectivity index (χ4v) is 7.52. The number of aliphatic hydroxyl groups excluding tert-OH is 1. The van der Waals surface area contributed by atoms with E-state index in [9.17, 15) is 14.2 Å². The van der Waals surface area contributed by atoms with Crippen molar-refractivity contribution in [1.82, 2.24) is 24.9 Å². The lowest BCUT2D eigenvalue weighted by Crippen LogP contribution is -2.05. The SMILES string of the molecule is Clc1ccnc2oc(-c3ccccc3)cc12.Clc1ncnc2occ(-c3ccccc3)c12.N#Cc1c(-c2ccccc2)coc1N.O=C(CO)c1ccccc1.O=P(Cl)(Cl)Cl.O=c1[nH]cnc2occ(-c3ccccc3)c12.[C-]#[N+]CC#N. The van der Waals surface area contributed by atoms with E-state index in [2.05, 4.69) is 63.5 Å². The molecule has 0 amide bonds. The number of nitrogens with two attached hydrogens (primary N) is 1. The first-order valence-corrected chi connectivity index (χ1v) is 28.8. The molecule has 0 fully saturated rings. The number of aromatic nitrogens is 5. The van der Waals surface area contributed by atoms with Crippen molar-refractivity contribution >= 4 is 107 Å². The summed E-state index contributed by atoms with van der Waals surface area (Å²) >= 11 is 25.9. The van der Waals surface area contributed by atoms with Crippen LogP contribution >= 0.6 is 62.1 Å². The van der Waals surface area contributed by atoms with E-state index in [4.69, 9.17) is 68.8 Å². The molecule has 0 aliphatic heterocycles. The van der Waals surface area contributed by atoms with Crippen LogP contribution in [-0.4, -0.2) is 49.0 Å². The molecule has 410 valence electrons. The number of aromatic amines is 1. The molecule has 0 aliphatic carbocycles. The molecule has 0 spiro atoms. The van der Waals surface area contributed by atoms with Gasteiger partial charge in [0, 0.05) is 34.0 Å². The number of pyridine rings is 1. The third-order valence-corrected chi connectivity index (χ3v) is 11.3. The number of H-pyrrole nitrogens is 1. The summed E-state index contributed by atoms with van der Waals surface area (Å²) in [7, 11) is 0. The number of anilines is 1. The summed E-state index contributed by atoms with van der Waals surface area (Å²) in [6.07, 6.45) is 9.08.